The molecule has 128 valence electrons. The fourth-order valence-electron chi connectivity index (χ4n) is 3.64. The van der Waals surface area contributed by atoms with Gasteiger partial charge in [0.2, 0.25) is 5.91 Å². The van der Waals surface area contributed by atoms with Crippen molar-refractivity contribution in [1.82, 2.24) is 35.2 Å². The maximum Gasteiger partial charge on any atom is 0.242 e. The van der Waals surface area contributed by atoms with Crippen LogP contribution >= 0.6 is 0 Å². The highest BCUT2D eigenvalue weighted by molar-refractivity contribution is 5.75. The van der Waals surface area contributed by atoms with Gasteiger partial charge in [0.05, 0.1) is 6.54 Å². The molecule has 1 unspecified atom stereocenters. The van der Waals surface area contributed by atoms with Crippen molar-refractivity contribution >= 4 is 5.91 Å². The molecule has 2 aromatic heterocycles. The standard InChI is InChI=1S/C16H23N7O/c24-16(18-10-15-21-20-14-4-2-8-22(14)15)11-23-13(5-7-19-23)12-3-1-6-17-9-12/h5,7,12,17H,1-4,6,8-11H2,(H,18,24). The summed E-state index contributed by atoms with van der Waals surface area (Å²) in [6.07, 6.45) is 6.18. The lowest BCUT2D eigenvalue weighted by atomic mass is 9.96. The molecule has 1 amide bonds. The van der Waals surface area contributed by atoms with Gasteiger partial charge in [0, 0.05) is 37.3 Å². The van der Waals surface area contributed by atoms with Crippen LogP contribution in [-0.4, -0.2) is 43.5 Å². The normalized spacial score (nSPS) is 20.1. The smallest absolute Gasteiger partial charge is 0.242 e. The highest BCUT2D eigenvalue weighted by Gasteiger charge is 2.21. The second-order valence-corrected chi connectivity index (χ2v) is 6.52. The molecular formula is C16H23N7O. The molecule has 0 aromatic carbocycles. The molecule has 1 fully saturated rings. The van der Waals surface area contributed by atoms with Gasteiger partial charge in [-0.25, -0.2) is 0 Å². The monoisotopic (exact) mass is 329 g/mol. The lowest BCUT2D eigenvalue weighted by Gasteiger charge is -2.23. The van der Waals surface area contributed by atoms with Crippen molar-refractivity contribution in [3.63, 3.8) is 0 Å². The summed E-state index contributed by atoms with van der Waals surface area (Å²) in [6, 6.07) is 2.02. The van der Waals surface area contributed by atoms with Gasteiger partial charge in [-0.05, 0) is 31.9 Å². The molecule has 8 heteroatoms. The van der Waals surface area contributed by atoms with E-state index in [4.69, 9.17) is 0 Å². The van der Waals surface area contributed by atoms with Gasteiger partial charge in [-0.15, -0.1) is 10.2 Å². The van der Waals surface area contributed by atoms with Gasteiger partial charge in [-0.2, -0.15) is 5.10 Å². The Morgan fingerprint density at radius 3 is 3.21 bits per heavy atom. The Kier molecular flexibility index (Phi) is 4.29. The Labute approximate surface area is 140 Å². The van der Waals surface area contributed by atoms with Crippen LogP contribution < -0.4 is 10.6 Å². The fraction of sp³-hybridized carbons (Fsp3) is 0.625. The number of rotatable bonds is 5. The van der Waals surface area contributed by atoms with Gasteiger partial charge >= 0.3 is 0 Å². The van der Waals surface area contributed by atoms with Crippen molar-refractivity contribution in [3.8, 4) is 0 Å². The molecule has 2 aliphatic rings. The Balaban J connectivity index is 1.35. The second-order valence-electron chi connectivity index (χ2n) is 6.52. The van der Waals surface area contributed by atoms with E-state index in [-0.39, 0.29) is 12.5 Å². The minimum atomic E-state index is -0.0425. The third-order valence-electron chi connectivity index (χ3n) is 4.89. The third-order valence-corrected chi connectivity index (χ3v) is 4.89. The zero-order valence-electron chi connectivity index (χ0n) is 13.7. The van der Waals surface area contributed by atoms with E-state index >= 15 is 0 Å². The van der Waals surface area contributed by atoms with E-state index in [0.29, 0.717) is 12.5 Å². The predicted octanol–water partition coefficient (Wildman–Crippen LogP) is 0.204. The van der Waals surface area contributed by atoms with Gasteiger partial charge in [-0.3, -0.25) is 9.48 Å². The topological polar surface area (TPSA) is 89.7 Å². The number of amides is 1. The van der Waals surface area contributed by atoms with Gasteiger partial charge in [0.15, 0.2) is 5.82 Å². The maximum absolute atomic E-state index is 12.3. The number of hydrogen-bond donors (Lipinski definition) is 2. The second kappa shape index (κ2) is 6.72. The SMILES string of the molecule is O=C(Cn1nccc1C1CCCNC1)NCc1nnc2n1CCC2. The van der Waals surface area contributed by atoms with Crippen molar-refractivity contribution in [2.24, 2.45) is 0 Å². The number of nitrogens with zero attached hydrogens (tertiary/aromatic N) is 5. The molecule has 0 aliphatic carbocycles. The van der Waals surface area contributed by atoms with Crippen molar-refractivity contribution < 1.29 is 4.79 Å². The summed E-state index contributed by atoms with van der Waals surface area (Å²) in [4.78, 5) is 12.3. The fourth-order valence-corrected chi connectivity index (χ4v) is 3.64. The van der Waals surface area contributed by atoms with Crippen LogP contribution in [0.1, 0.15) is 42.5 Å². The largest absolute Gasteiger partial charge is 0.347 e. The van der Waals surface area contributed by atoms with Crippen LogP contribution in [0.2, 0.25) is 0 Å². The Bertz CT molecular complexity index is 714. The van der Waals surface area contributed by atoms with Crippen LogP contribution in [0.5, 0.6) is 0 Å². The lowest BCUT2D eigenvalue weighted by Crippen LogP contribution is -2.32. The quantitative estimate of drug-likeness (QED) is 0.818. The van der Waals surface area contributed by atoms with E-state index in [1.807, 2.05) is 10.7 Å². The molecule has 1 saturated heterocycles. The van der Waals surface area contributed by atoms with Crippen LogP contribution in [0.4, 0.5) is 0 Å². The maximum atomic E-state index is 12.3. The minimum Gasteiger partial charge on any atom is -0.347 e. The highest BCUT2D eigenvalue weighted by atomic mass is 16.2. The summed E-state index contributed by atoms with van der Waals surface area (Å²) in [5, 5.41) is 19.0. The number of fused-ring (bicyclic) bond motifs is 1. The van der Waals surface area contributed by atoms with Gasteiger partial charge in [0.25, 0.3) is 0 Å². The molecule has 0 saturated carbocycles. The lowest BCUT2D eigenvalue weighted by molar-refractivity contribution is -0.122. The van der Waals surface area contributed by atoms with Crippen molar-refractivity contribution in [1.29, 1.82) is 0 Å². The number of carbonyl (C=O) groups excluding carboxylic acids is 1. The van der Waals surface area contributed by atoms with E-state index in [9.17, 15) is 4.79 Å². The van der Waals surface area contributed by atoms with E-state index in [1.54, 1.807) is 6.20 Å². The zero-order valence-corrected chi connectivity index (χ0v) is 13.7. The number of piperidine rings is 1. The molecule has 2 aromatic rings. The summed E-state index contributed by atoms with van der Waals surface area (Å²) >= 11 is 0. The minimum absolute atomic E-state index is 0.0425. The Morgan fingerprint density at radius 2 is 2.33 bits per heavy atom. The summed E-state index contributed by atoms with van der Waals surface area (Å²) in [5.74, 6) is 2.26. The van der Waals surface area contributed by atoms with E-state index in [1.165, 1.54) is 6.42 Å². The average molecular weight is 329 g/mol. The molecule has 2 aliphatic heterocycles. The first-order chi connectivity index (χ1) is 11.8. The highest BCUT2D eigenvalue weighted by Crippen LogP contribution is 2.22. The molecule has 0 radical (unpaired) electrons. The molecular weight excluding hydrogens is 306 g/mol. The van der Waals surface area contributed by atoms with Gasteiger partial charge in [-0.1, -0.05) is 0 Å². The summed E-state index contributed by atoms with van der Waals surface area (Å²) in [5.41, 5.74) is 1.14. The Morgan fingerprint density at radius 1 is 1.38 bits per heavy atom. The number of nitrogens with one attached hydrogen (secondary N) is 2. The summed E-state index contributed by atoms with van der Waals surface area (Å²) in [6.45, 7) is 3.66. The number of aromatic nitrogens is 5. The molecule has 4 heterocycles. The summed E-state index contributed by atoms with van der Waals surface area (Å²) in [7, 11) is 0. The van der Waals surface area contributed by atoms with E-state index < -0.39 is 0 Å². The number of carbonyl (C=O) groups is 1. The average Bonchev–Trinajstić information content (AvgIpc) is 3.31. The molecule has 8 nitrogen and oxygen atoms in total. The third kappa shape index (κ3) is 3.06. The molecule has 2 N–H and O–H groups in total. The first-order valence-corrected chi connectivity index (χ1v) is 8.71. The molecule has 0 bridgehead atoms. The summed E-state index contributed by atoms with van der Waals surface area (Å²) < 4.78 is 3.93. The molecule has 1 atom stereocenters. The van der Waals surface area contributed by atoms with Crippen molar-refractivity contribution in [2.45, 2.75) is 51.2 Å². The zero-order chi connectivity index (χ0) is 16.4. The molecule has 0 spiro atoms. The van der Waals surface area contributed by atoms with Crippen molar-refractivity contribution in [2.75, 3.05) is 13.1 Å². The Hall–Kier alpha value is -2.22. The van der Waals surface area contributed by atoms with Gasteiger partial charge < -0.3 is 15.2 Å². The van der Waals surface area contributed by atoms with Gasteiger partial charge in [0.1, 0.15) is 12.4 Å². The first kappa shape index (κ1) is 15.3. The van der Waals surface area contributed by atoms with Crippen LogP contribution in [0.3, 0.4) is 0 Å². The number of hydrogen-bond acceptors (Lipinski definition) is 5. The first-order valence-electron chi connectivity index (χ1n) is 8.71. The molecule has 4 rings (SSSR count). The van der Waals surface area contributed by atoms with E-state index in [0.717, 1.165) is 56.2 Å². The van der Waals surface area contributed by atoms with Crippen LogP contribution in [-0.2, 0) is 30.8 Å². The van der Waals surface area contributed by atoms with Crippen LogP contribution in [0, 0.1) is 0 Å². The number of aryl methyl sites for hydroxylation is 1. The predicted molar refractivity (Wildman–Crippen MR) is 87.3 cm³/mol. The molecule has 24 heavy (non-hydrogen) atoms. The van der Waals surface area contributed by atoms with Crippen molar-refractivity contribution in [3.05, 3.63) is 29.6 Å². The van der Waals surface area contributed by atoms with E-state index in [2.05, 4.69) is 30.5 Å². The van der Waals surface area contributed by atoms with Crippen LogP contribution in [0.15, 0.2) is 12.3 Å². The van der Waals surface area contributed by atoms with Crippen LogP contribution in [0.25, 0.3) is 0 Å².